The van der Waals surface area contributed by atoms with Gasteiger partial charge in [0, 0.05) is 42.7 Å². The second-order valence-corrected chi connectivity index (χ2v) is 13.9. The van der Waals surface area contributed by atoms with Gasteiger partial charge in [-0.25, -0.2) is 26.2 Å². The van der Waals surface area contributed by atoms with Gasteiger partial charge >= 0.3 is 0 Å². The summed E-state index contributed by atoms with van der Waals surface area (Å²) in [6.45, 7) is 0.168. The summed E-state index contributed by atoms with van der Waals surface area (Å²) in [4.78, 5) is 17.6. The van der Waals surface area contributed by atoms with Crippen molar-refractivity contribution in [2.24, 2.45) is 16.8 Å². The maximum Gasteiger partial charge on any atom is 0.255 e. The van der Waals surface area contributed by atoms with Crippen molar-refractivity contribution in [1.29, 1.82) is 0 Å². The lowest BCUT2D eigenvalue weighted by Gasteiger charge is -2.32. The molecular formula is C25H32FN3O6S2. The average Bonchev–Trinajstić information content (AvgIpc) is 3.59. The molecular weight excluding hydrogens is 521 g/mol. The SMILES string of the molecule is CNC(=O)C1=C(c2ccc(F)cc2)OC2N=C(N(CCCCCS(C)(=O)=O)S(C)(=O)=O)C(C3CC3)C=C12. The number of ether oxygens (including phenoxy) is 1. The second-order valence-electron chi connectivity index (χ2n) is 9.76. The van der Waals surface area contributed by atoms with Gasteiger partial charge in [-0.1, -0.05) is 12.5 Å². The number of hydrogen-bond acceptors (Lipinski definition) is 7. The molecule has 202 valence electrons. The van der Waals surface area contributed by atoms with Crippen LogP contribution in [0.15, 0.2) is 46.5 Å². The monoisotopic (exact) mass is 553 g/mol. The van der Waals surface area contributed by atoms with Crippen LogP contribution in [0, 0.1) is 17.7 Å². The number of carbonyl (C=O) groups is 1. The van der Waals surface area contributed by atoms with Gasteiger partial charge in [-0.05, 0) is 55.9 Å². The number of sulfonamides is 1. The van der Waals surface area contributed by atoms with E-state index in [1.165, 1.54) is 41.9 Å². The highest BCUT2D eigenvalue weighted by atomic mass is 32.2. The minimum atomic E-state index is -3.69. The Morgan fingerprint density at radius 2 is 1.78 bits per heavy atom. The van der Waals surface area contributed by atoms with Crippen LogP contribution in [0.4, 0.5) is 4.39 Å². The van der Waals surface area contributed by atoms with Gasteiger partial charge in [0.2, 0.25) is 16.3 Å². The third kappa shape index (κ3) is 6.40. The molecule has 2 atom stereocenters. The molecule has 2 unspecified atom stereocenters. The van der Waals surface area contributed by atoms with Crippen molar-refractivity contribution in [3.63, 3.8) is 0 Å². The molecule has 0 saturated heterocycles. The third-order valence-corrected chi connectivity index (χ3v) is 8.84. The van der Waals surface area contributed by atoms with Crippen LogP contribution in [0.3, 0.4) is 0 Å². The molecule has 2 heterocycles. The standard InChI is InChI=1S/C25H32FN3O6S2/c1-27-24(30)21-20-15-19(16-7-8-16)23(28-25(20)35-22(21)17-9-11-18(26)12-10-17)29(37(3,33)34)13-5-4-6-14-36(2,31)32/h9-12,15-16,19,25H,4-8,13-14H2,1-3H3,(H,27,30). The molecule has 12 heteroatoms. The Hall–Kier alpha value is -2.73. The number of aliphatic imine (C=N–C) groups is 1. The first-order chi connectivity index (χ1) is 17.4. The fourth-order valence-electron chi connectivity index (χ4n) is 4.68. The molecule has 2 aliphatic heterocycles. The molecule has 9 nitrogen and oxygen atoms in total. The normalized spacial score (nSPS) is 21.6. The van der Waals surface area contributed by atoms with Crippen molar-refractivity contribution >= 4 is 37.4 Å². The summed E-state index contributed by atoms with van der Waals surface area (Å²) in [5.41, 5.74) is 1.39. The molecule has 0 bridgehead atoms. The summed E-state index contributed by atoms with van der Waals surface area (Å²) in [6.07, 6.45) is 6.60. The molecule has 4 rings (SSSR count). The van der Waals surface area contributed by atoms with Gasteiger partial charge in [0.05, 0.1) is 11.8 Å². The van der Waals surface area contributed by atoms with Gasteiger partial charge in [0.25, 0.3) is 5.91 Å². The number of dihydropyridines is 1. The van der Waals surface area contributed by atoms with Crippen molar-refractivity contribution < 1.29 is 30.8 Å². The van der Waals surface area contributed by atoms with Crippen LogP contribution in [-0.2, 0) is 29.4 Å². The first kappa shape index (κ1) is 27.3. The topological polar surface area (TPSA) is 122 Å². The van der Waals surface area contributed by atoms with E-state index in [2.05, 4.69) is 5.32 Å². The van der Waals surface area contributed by atoms with Gasteiger partial charge in [0.15, 0.2) is 0 Å². The van der Waals surface area contributed by atoms with E-state index < -0.39 is 31.9 Å². The van der Waals surface area contributed by atoms with Crippen LogP contribution in [0.5, 0.6) is 0 Å². The van der Waals surface area contributed by atoms with E-state index in [1.807, 2.05) is 6.08 Å². The predicted octanol–water partition coefficient (Wildman–Crippen LogP) is 2.48. The van der Waals surface area contributed by atoms with Gasteiger partial charge in [-0.15, -0.1) is 0 Å². The lowest BCUT2D eigenvalue weighted by atomic mass is 9.91. The number of amides is 1. The number of unbranched alkanes of at least 4 members (excludes halogenated alkanes) is 2. The molecule has 37 heavy (non-hydrogen) atoms. The van der Waals surface area contributed by atoms with Crippen molar-refractivity contribution in [1.82, 2.24) is 9.62 Å². The van der Waals surface area contributed by atoms with Crippen molar-refractivity contribution in [2.45, 2.75) is 38.3 Å². The first-order valence-corrected chi connectivity index (χ1v) is 16.1. The Bertz CT molecular complexity index is 1360. The zero-order valence-electron chi connectivity index (χ0n) is 21.1. The first-order valence-electron chi connectivity index (χ1n) is 12.2. The number of amidine groups is 1. The molecule has 0 spiro atoms. The molecule has 0 aromatic heterocycles. The number of hydrogen-bond donors (Lipinski definition) is 1. The number of halogens is 1. The summed E-state index contributed by atoms with van der Waals surface area (Å²) in [5.74, 6) is -0.211. The number of likely N-dealkylation sites (N-methyl/N-ethyl adjacent to an activating group) is 1. The van der Waals surface area contributed by atoms with Gasteiger partial charge in [0.1, 0.15) is 27.2 Å². The molecule has 1 fully saturated rings. The minimum Gasteiger partial charge on any atom is -0.463 e. The summed E-state index contributed by atoms with van der Waals surface area (Å²) in [5, 5.41) is 2.63. The van der Waals surface area contributed by atoms with Crippen molar-refractivity contribution in [2.75, 3.05) is 31.9 Å². The zero-order chi connectivity index (χ0) is 27.0. The molecule has 1 aromatic rings. The smallest absolute Gasteiger partial charge is 0.255 e. The minimum absolute atomic E-state index is 0.0552. The van der Waals surface area contributed by atoms with Crippen LogP contribution in [-0.4, -0.2) is 71.0 Å². The summed E-state index contributed by atoms with van der Waals surface area (Å²) in [6, 6.07) is 5.60. The Morgan fingerprint density at radius 1 is 1.11 bits per heavy atom. The van der Waals surface area contributed by atoms with Crippen LogP contribution in [0.25, 0.3) is 5.76 Å². The highest BCUT2D eigenvalue weighted by molar-refractivity contribution is 7.90. The van der Waals surface area contributed by atoms with E-state index in [4.69, 9.17) is 9.73 Å². The lowest BCUT2D eigenvalue weighted by Crippen LogP contribution is -2.43. The van der Waals surface area contributed by atoms with Crippen LogP contribution in [0.2, 0.25) is 0 Å². The van der Waals surface area contributed by atoms with E-state index >= 15 is 0 Å². The molecule has 1 N–H and O–H groups in total. The van der Waals surface area contributed by atoms with E-state index in [-0.39, 0.29) is 35.8 Å². The summed E-state index contributed by atoms with van der Waals surface area (Å²) in [7, 11) is -5.26. The van der Waals surface area contributed by atoms with Crippen LogP contribution in [0.1, 0.15) is 37.7 Å². The van der Waals surface area contributed by atoms with Crippen LogP contribution < -0.4 is 5.32 Å². The van der Waals surface area contributed by atoms with Gasteiger partial charge < -0.3 is 10.1 Å². The fourth-order valence-corrected chi connectivity index (χ4v) is 6.37. The van der Waals surface area contributed by atoms with Crippen molar-refractivity contribution in [3.05, 3.63) is 52.9 Å². The molecule has 3 aliphatic rings. The van der Waals surface area contributed by atoms with E-state index in [9.17, 15) is 26.0 Å². The fraction of sp³-hybridized carbons (Fsp3) is 0.520. The van der Waals surface area contributed by atoms with E-state index in [0.717, 1.165) is 19.1 Å². The number of fused-ring (bicyclic) bond motifs is 1. The maximum absolute atomic E-state index is 13.5. The molecule has 1 saturated carbocycles. The van der Waals surface area contributed by atoms with E-state index in [1.54, 1.807) is 0 Å². The Kier molecular flexibility index (Phi) is 7.80. The van der Waals surface area contributed by atoms with Gasteiger partial charge in [-0.2, -0.15) is 0 Å². The second kappa shape index (κ2) is 10.6. The Balaban J connectivity index is 1.65. The maximum atomic E-state index is 13.5. The number of nitrogens with one attached hydrogen (secondary N) is 1. The zero-order valence-corrected chi connectivity index (χ0v) is 22.7. The summed E-state index contributed by atoms with van der Waals surface area (Å²) < 4.78 is 69.5. The largest absolute Gasteiger partial charge is 0.463 e. The molecule has 1 amide bonds. The van der Waals surface area contributed by atoms with Crippen molar-refractivity contribution in [3.8, 4) is 0 Å². The number of nitrogens with zero attached hydrogens (tertiary/aromatic N) is 2. The Morgan fingerprint density at radius 3 is 2.35 bits per heavy atom. The predicted molar refractivity (Wildman–Crippen MR) is 139 cm³/mol. The highest BCUT2D eigenvalue weighted by Gasteiger charge is 2.45. The van der Waals surface area contributed by atoms with Gasteiger partial charge in [-0.3, -0.25) is 9.10 Å². The summed E-state index contributed by atoms with van der Waals surface area (Å²) >= 11 is 0. The quantitative estimate of drug-likeness (QED) is 0.444. The number of sulfone groups is 1. The average molecular weight is 554 g/mol. The van der Waals surface area contributed by atoms with Crippen LogP contribution >= 0.6 is 0 Å². The molecule has 0 radical (unpaired) electrons. The number of carbonyl (C=O) groups excluding carboxylic acids is 1. The van der Waals surface area contributed by atoms with E-state index in [0.29, 0.717) is 41.8 Å². The number of rotatable bonds is 10. The highest BCUT2D eigenvalue weighted by Crippen LogP contribution is 2.46. The third-order valence-electron chi connectivity index (χ3n) is 6.64. The number of benzene rings is 1. The lowest BCUT2D eigenvalue weighted by molar-refractivity contribution is -0.116. The molecule has 1 aromatic carbocycles. The Labute approximate surface area is 217 Å². The molecule has 1 aliphatic carbocycles.